The standard InChI is InChI=1S/C15H14O2/c1-17-15-4-2-3-13(11-15)6-5-12-7-9-14(16)10-8-12/h2-11,16H,1H3. The summed E-state index contributed by atoms with van der Waals surface area (Å²) in [6.45, 7) is 0. The molecule has 86 valence electrons. The van der Waals surface area contributed by atoms with Crippen LogP contribution in [-0.4, -0.2) is 12.2 Å². The van der Waals surface area contributed by atoms with Crippen LogP contribution in [0.25, 0.3) is 12.2 Å². The van der Waals surface area contributed by atoms with Gasteiger partial charge in [-0.05, 0) is 35.4 Å². The molecule has 0 atom stereocenters. The van der Waals surface area contributed by atoms with E-state index in [2.05, 4.69) is 0 Å². The van der Waals surface area contributed by atoms with Crippen molar-refractivity contribution in [3.8, 4) is 11.5 Å². The van der Waals surface area contributed by atoms with Gasteiger partial charge in [-0.25, -0.2) is 0 Å². The molecule has 0 fully saturated rings. The van der Waals surface area contributed by atoms with Crippen molar-refractivity contribution < 1.29 is 9.84 Å². The maximum atomic E-state index is 9.17. The van der Waals surface area contributed by atoms with E-state index in [1.54, 1.807) is 19.2 Å². The number of benzene rings is 2. The highest BCUT2D eigenvalue weighted by molar-refractivity contribution is 5.70. The third-order valence-electron chi connectivity index (χ3n) is 2.46. The van der Waals surface area contributed by atoms with Crippen molar-refractivity contribution in [2.45, 2.75) is 0 Å². The Morgan fingerprint density at radius 3 is 2.35 bits per heavy atom. The summed E-state index contributed by atoms with van der Waals surface area (Å²) in [6, 6.07) is 14.9. The molecule has 0 unspecified atom stereocenters. The highest BCUT2D eigenvalue weighted by Gasteiger charge is 1.92. The summed E-state index contributed by atoms with van der Waals surface area (Å²) in [5.74, 6) is 1.13. The van der Waals surface area contributed by atoms with Crippen molar-refractivity contribution in [2.24, 2.45) is 0 Å². The summed E-state index contributed by atoms with van der Waals surface area (Å²) in [7, 11) is 1.66. The van der Waals surface area contributed by atoms with Gasteiger partial charge in [-0.2, -0.15) is 0 Å². The minimum atomic E-state index is 0.281. The molecule has 2 aromatic carbocycles. The highest BCUT2D eigenvalue weighted by Crippen LogP contribution is 2.16. The van der Waals surface area contributed by atoms with Crippen LogP contribution in [0.2, 0.25) is 0 Å². The second-order valence-electron chi connectivity index (χ2n) is 3.70. The van der Waals surface area contributed by atoms with Gasteiger partial charge in [0.05, 0.1) is 7.11 Å². The van der Waals surface area contributed by atoms with E-state index in [0.29, 0.717) is 0 Å². The number of phenols is 1. The van der Waals surface area contributed by atoms with Crippen molar-refractivity contribution in [1.82, 2.24) is 0 Å². The molecular weight excluding hydrogens is 212 g/mol. The van der Waals surface area contributed by atoms with Crippen LogP contribution in [0.5, 0.6) is 11.5 Å². The first-order valence-corrected chi connectivity index (χ1v) is 5.39. The van der Waals surface area contributed by atoms with Crippen molar-refractivity contribution in [2.75, 3.05) is 7.11 Å². The van der Waals surface area contributed by atoms with Crippen molar-refractivity contribution >= 4 is 12.2 Å². The van der Waals surface area contributed by atoms with Gasteiger partial charge in [0.15, 0.2) is 0 Å². The molecule has 0 radical (unpaired) electrons. The molecule has 0 aliphatic rings. The lowest BCUT2D eigenvalue weighted by Gasteiger charge is -2.00. The minimum Gasteiger partial charge on any atom is -0.508 e. The number of hydrogen-bond acceptors (Lipinski definition) is 2. The third-order valence-corrected chi connectivity index (χ3v) is 2.46. The predicted molar refractivity (Wildman–Crippen MR) is 70.0 cm³/mol. The molecule has 1 N–H and O–H groups in total. The Balaban J connectivity index is 2.16. The molecule has 2 nitrogen and oxygen atoms in total. The predicted octanol–water partition coefficient (Wildman–Crippen LogP) is 3.57. The Bertz CT molecular complexity index is 513. The van der Waals surface area contributed by atoms with Gasteiger partial charge in [-0.15, -0.1) is 0 Å². The van der Waals surface area contributed by atoms with E-state index < -0.39 is 0 Å². The minimum absolute atomic E-state index is 0.281. The Labute approximate surface area is 101 Å². The fourth-order valence-corrected chi connectivity index (χ4v) is 1.52. The lowest BCUT2D eigenvalue weighted by Crippen LogP contribution is -1.82. The number of rotatable bonds is 3. The molecule has 0 saturated heterocycles. The Kier molecular flexibility index (Phi) is 3.46. The average molecular weight is 226 g/mol. The zero-order chi connectivity index (χ0) is 12.1. The van der Waals surface area contributed by atoms with Crippen LogP contribution < -0.4 is 4.74 Å². The van der Waals surface area contributed by atoms with E-state index >= 15 is 0 Å². The van der Waals surface area contributed by atoms with Crippen LogP contribution in [0.15, 0.2) is 48.5 Å². The molecule has 0 spiro atoms. The van der Waals surface area contributed by atoms with E-state index in [1.807, 2.05) is 48.6 Å². The number of hydrogen-bond donors (Lipinski definition) is 1. The highest BCUT2D eigenvalue weighted by atomic mass is 16.5. The lowest BCUT2D eigenvalue weighted by molar-refractivity contribution is 0.414. The molecule has 2 heteroatoms. The zero-order valence-electron chi connectivity index (χ0n) is 9.63. The van der Waals surface area contributed by atoms with Gasteiger partial charge in [0.2, 0.25) is 0 Å². The van der Waals surface area contributed by atoms with E-state index in [1.165, 1.54) is 0 Å². The number of methoxy groups -OCH3 is 1. The van der Waals surface area contributed by atoms with Crippen LogP contribution in [0.1, 0.15) is 11.1 Å². The molecule has 0 aliphatic carbocycles. The molecule has 0 aliphatic heterocycles. The van der Waals surface area contributed by atoms with Gasteiger partial charge in [0, 0.05) is 0 Å². The number of phenolic OH excluding ortho intramolecular Hbond substituents is 1. The molecule has 0 amide bonds. The van der Waals surface area contributed by atoms with Crippen LogP contribution in [-0.2, 0) is 0 Å². The first-order valence-electron chi connectivity index (χ1n) is 5.39. The van der Waals surface area contributed by atoms with E-state index in [0.717, 1.165) is 16.9 Å². The summed E-state index contributed by atoms with van der Waals surface area (Å²) in [5, 5.41) is 9.17. The van der Waals surface area contributed by atoms with Gasteiger partial charge in [-0.1, -0.05) is 36.4 Å². The molecule has 17 heavy (non-hydrogen) atoms. The summed E-state index contributed by atoms with van der Waals surface area (Å²) >= 11 is 0. The number of aromatic hydroxyl groups is 1. The maximum Gasteiger partial charge on any atom is 0.119 e. The monoisotopic (exact) mass is 226 g/mol. The second kappa shape index (κ2) is 5.21. The van der Waals surface area contributed by atoms with Crippen LogP contribution in [0, 0.1) is 0 Å². The van der Waals surface area contributed by atoms with Gasteiger partial charge >= 0.3 is 0 Å². The zero-order valence-corrected chi connectivity index (χ0v) is 9.63. The van der Waals surface area contributed by atoms with Crippen molar-refractivity contribution in [3.05, 3.63) is 59.7 Å². The van der Waals surface area contributed by atoms with Gasteiger partial charge < -0.3 is 9.84 Å². The van der Waals surface area contributed by atoms with Crippen molar-refractivity contribution in [1.29, 1.82) is 0 Å². The maximum absolute atomic E-state index is 9.17. The Morgan fingerprint density at radius 1 is 0.941 bits per heavy atom. The normalized spacial score (nSPS) is 10.6. The fraction of sp³-hybridized carbons (Fsp3) is 0.0667. The summed E-state index contributed by atoms with van der Waals surface area (Å²) in [5.41, 5.74) is 2.13. The second-order valence-corrected chi connectivity index (χ2v) is 3.70. The topological polar surface area (TPSA) is 29.5 Å². The van der Waals surface area contributed by atoms with Crippen LogP contribution >= 0.6 is 0 Å². The quantitative estimate of drug-likeness (QED) is 0.811. The van der Waals surface area contributed by atoms with Gasteiger partial charge in [0.25, 0.3) is 0 Å². The van der Waals surface area contributed by atoms with Crippen LogP contribution in [0.3, 0.4) is 0 Å². The molecular formula is C15H14O2. The fourth-order valence-electron chi connectivity index (χ4n) is 1.52. The SMILES string of the molecule is COc1cccc(C=Cc2ccc(O)cc2)c1. The molecule has 2 rings (SSSR count). The first-order chi connectivity index (χ1) is 8.28. The smallest absolute Gasteiger partial charge is 0.119 e. The summed E-state index contributed by atoms with van der Waals surface area (Å²) in [4.78, 5) is 0. The molecule has 0 aromatic heterocycles. The first kappa shape index (κ1) is 11.3. The third kappa shape index (κ3) is 3.11. The molecule has 2 aromatic rings. The van der Waals surface area contributed by atoms with E-state index in [-0.39, 0.29) is 5.75 Å². The number of ether oxygens (including phenoxy) is 1. The average Bonchev–Trinajstić information content (AvgIpc) is 2.38. The molecule has 0 saturated carbocycles. The Hall–Kier alpha value is -2.22. The van der Waals surface area contributed by atoms with Crippen LogP contribution in [0.4, 0.5) is 0 Å². The molecule has 0 heterocycles. The van der Waals surface area contributed by atoms with Gasteiger partial charge in [-0.3, -0.25) is 0 Å². The van der Waals surface area contributed by atoms with Gasteiger partial charge in [0.1, 0.15) is 11.5 Å². The lowest BCUT2D eigenvalue weighted by atomic mass is 10.1. The summed E-state index contributed by atoms with van der Waals surface area (Å²) in [6.07, 6.45) is 4.00. The van der Waals surface area contributed by atoms with E-state index in [9.17, 15) is 0 Å². The van der Waals surface area contributed by atoms with E-state index in [4.69, 9.17) is 9.84 Å². The van der Waals surface area contributed by atoms with Crippen molar-refractivity contribution in [3.63, 3.8) is 0 Å². The Morgan fingerprint density at radius 2 is 1.65 bits per heavy atom. The molecule has 0 bridgehead atoms. The summed E-state index contributed by atoms with van der Waals surface area (Å²) < 4.78 is 5.16. The largest absolute Gasteiger partial charge is 0.508 e.